The third-order valence-corrected chi connectivity index (χ3v) is 16.3. The van der Waals surface area contributed by atoms with Gasteiger partial charge in [-0.05, 0) is 123 Å². The molecule has 252 valence electrons. The van der Waals surface area contributed by atoms with Crippen LogP contribution >= 0.6 is 0 Å². The normalized spacial score (nSPS) is 49.5. The Morgan fingerprint density at radius 3 is 2.39 bits per heavy atom. The molecule has 0 amide bonds. The number of morpholine rings is 1. The lowest BCUT2D eigenvalue weighted by Crippen LogP contribution is -2.60. The van der Waals surface area contributed by atoms with Crippen LogP contribution in [0, 0.1) is 56.7 Å². The zero-order chi connectivity index (χ0) is 31.3. The van der Waals surface area contributed by atoms with E-state index in [0.717, 1.165) is 51.5 Å². The van der Waals surface area contributed by atoms with Crippen LogP contribution in [-0.4, -0.2) is 92.5 Å². The van der Waals surface area contributed by atoms with E-state index in [-0.39, 0.29) is 34.7 Å². The van der Waals surface area contributed by atoms with Crippen molar-refractivity contribution in [3.05, 3.63) is 0 Å². The average Bonchev–Trinajstić information content (AvgIpc) is 3.58. The summed E-state index contributed by atoms with van der Waals surface area (Å²) in [6.07, 6.45) is 11.2. The summed E-state index contributed by atoms with van der Waals surface area (Å²) in [6, 6.07) is 0.667. The molecule has 2 heterocycles. The molecule has 2 aliphatic heterocycles. The summed E-state index contributed by atoms with van der Waals surface area (Å²) in [4.78, 5) is 5.20. The first-order valence-electron chi connectivity index (χ1n) is 18.7. The smallest absolute Gasteiger partial charge is 0.170 e. The molecule has 5 saturated carbocycles. The highest BCUT2D eigenvalue weighted by Gasteiger charge is 2.83. The second kappa shape index (κ2) is 11.2. The van der Waals surface area contributed by atoms with Crippen molar-refractivity contribution in [1.29, 1.82) is 0 Å². The average molecular weight is 615 g/mol. The molecule has 7 aliphatic rings. The first kappa shape index (κ1) is 32.3. The van der Waals surface area contributed by atoms with Crippen LogP contribution in [-0.2, 0) is 14.2 Å². The Morgan fingerprint density at radius 2 is 1.66 bits per heavy atom. The van der Waals surface area contributed by atoms with Gasteiger partial charge in [-0.1, -0.05) is 34.6 Å². The van der Waals surface area contributed by atoms with E-state index in [1.54, 1.807) is 0 Å². The van der Waals surface area contributed by atoms with Crippen LogP contribution in [0.5, 0.6) is 0 Å². The maximum absolute atomic E-state index is 11.9. The predicted molar refractivity (Wildman–Crippen MR) is 175 cm³/mol. The van der Waals surface area contributed by atoms with Crippen molar-refractivity contribution >= 4 is 0 Å². The number of fused-ring (bicyclic) bond motifs is 2. The van der Waals surface area contributed by atoms with Crippen LogP contribution in [0.3, 0.4) is 0 Å². The molecule has 6 heteroatoms. The molecule has 7 rings (SSSR count). The van der Waals surface area contributed by atoms with Gasteiger partial charge in [0.1, 0.15) is 0 Å². The molecule has 0 radical (unpaired) electrons. The zero-order valence-corrected chi connectivity index (χ0v) is 29.6. The van der Waals surface area contributed by atoms with Gasteiger partial charge in [0.05, 0.1) is 18.8 Å². The van der Waals surface area contributed by atoms with Gasteiger partial charge in [0.15, 0.2) is 6.29 Å². The minimum absolute atomic E-state index is 0.0231. The molecule has 11 atom stereocenters. The lowest BCUT2D eigenvalue weighted by atomic mass is 9.41. The van der Waals surface area contributed by atoms with E-state index in [1.165, 1.54) is 58.2 Å². The van der Waals surface area contributed by atoms with E-state index in [4.69, 9.17) is 14.2 Å². The van der Waals surface area contributed by atoms with E-state index >= 15 is 0 Å². The quantitative estimate of drug-likeness (QED) is 0.322. The van der Waals surface area contributed by atoms with Gasteiger partial charge in [-0.2, -0.15) is 0 Å². The fourth-order valence-corrected chi connectivity index (χ4v) is 13.6. The third-order valence-electron chi connectivity index (χ3n) is 16.3. The largest absolute Gasteiger partial charge is 0.393 e. The number of nitrogens with zero attached hydrogens (tertiary/aromatic N) is 2. The van der Waals surface area contributed by atoms with Crippen molar-refractivity contribution in [2.45, 2.75) is 131 Å². The molecular weight excluding hydrogens is 548 g/mol. The number of aliphatic hydroxyl groups excluding tert-OH is 1. The molecular formula is C38H66N2O4. The number of hydrogen-bond donors (Lipinski definition) is 1. The number of rotatable bonds is 9. The fourth-order valence-electron chi connectivity index (χ4n) is 13.6. The van der Waals surface area contributed by atoms with Crippen molar-refractivity contribution < 1.29 is 19.3 Å². The van der Waals surface area contributed by atoms with Crippen LogP contribution in [0.15, 0.2) is 0 Å². The van der Waals surface area contributed by atoms with Crippen LogP contribution < -0.4 is 0 Å². The molecule has 1 unspecified atom stereocenters. The van der Waals surface area contributed by atoms with Gasteiger partial charge in [-0.15, -0.1) is 0 Å². The summed E-state index contributed by atoms with van der Waals surface area (Å²) in [6.45, 7) is 24.5. The molecule has 6 nitrogen and oxygen atoms in total. The summed E-state index contributed by atoms with van der Waals surface area (Å²) in [7, 11) is 1.83. The lowest BCUT2D eigenvalue weighted by Gasteiger charge is -2.64. The van der Waals surface area contributed by atoms with E-state index in [1.807, 2.05) is 7.11 Å². The Labute approximate surface area is 269 Å². The third kappa shape index (κ3) is 4.53. The minimum Gasteiger partial charge on any atom is -0.393 e. The van der Waals surface area contributed by atoms with E-state index in [2.05, 4.69) is 58.3 Å². The standard InChI is InChI=1S/C38H66N2O4/c1-25(2)40-21-27(22-40)20-39-16-18-43-33(23-39)44-32-11-13-37-24-38(37)15-14-35(6)28(26(3)12-17-42-8)19-31(41)36(35,7)30(38)10-9-29(37)34(32,4)5/h25-33,41H,9-24H2,1-8H3/t26-,28-,29+,30?,31+,32+,33+,35-,36-,37-,38+/m1/s1. The molecule has 2 spiro atoms. The molecule has 5 aliphatic carbocycles. The fraction of sp³-hybridized carbons (Fsp3) is 1.00. The molecule has 0 aromatic carbocycles. The molecule has 0 bridgehead atoms. The van der Waals surface area contributed by atoms with Crippen LogP contribution in [0.2, 0.25) is 0 Å². The van der Waals surface area contributed by atoms with E-state index in [0.29, 0.717) is 40.5 Å². The van der Waals surface area contributed by atoms with Gasteiger partial charge in [-0.25, -0.2) is 0 Å². The summed E-state index contributed by atoms with van der Waals surface area (Å²) in [5, 5.41) is 11.9. The van der Waals surface area contributed by atoms with E-state index < -0.39 is 0 Å². The summed E-state index contributed by atoms with van der Waals surface area (Å²) in [5.74, 6) is 3.36. The van der Waals surface area contributed by atoms with Gasteiger partial charge in [0.2, 0.25) is 0 Å². The first-order chi connectivity index (χ1) is 20.8. The van der Waals surface area contributed by atoms with Crippen LogP contribution in [0.1, 0.15) is 106 Å². The zero-order valence-electron chi connectivity index (χ0n) is 29.6. The molecule has 1 N–H and O–H groups in total. The van der Waals surface area contributed by atoms with E-state index in [9.17, 15) is 5.11 Å². The predicted octanol–water partition coefficient (Wildman–Crippen LogP) is 6.45. The highest BCUT2D eigenvalue weighted by Crippen LogP contribution is 2.89. The Bertz CT molecular complexity index is 1060. The maximum Gasteiger partial charge on any atom is 0.170 e. The highest BCUT2D eigenvalue weighted by molar-refractivity contribution is 5.31. The minimum atomic E-state index is -0.175. The number of likely N-dealkylation sites (tertiary alicyclic amines) is 1. The van der Waals surface area contributed by atoms with Gasteiger partial charge >= 0.3 is 0 Å². The summed E-state index contributed by atoms with van der Waals surface area (Å²) >= 11 is 0. The SMILES string of the molecule is COCC[C@@H](C)[C@H]1C[C@H](O)[C@@]2(C)C3CC[C@H]4C(C)(C)[C@@H](O[C@H]5CN(CC6CN(C(C)C)C6)CCO5)CC[C@@]45C[C@@]35CC[C@]12C. The molecule has 0 aromatic heterocycles. The van der Waals surface area contributed by atoms with Gasteiger partial charge in [0, 0.05) is 57.9 Å². The molecule has 0 aromatic rings. The van der Waals surface area contributed by atoms with Crippen molar-refractivity contribution in [2.75, 3.05) is 53.0 Å². The second-order valence-corrected chi connectivity index (χ2v) is 18.4. The Kier molecular flexibility index (Phi) is 8.19. The molecule has 2 saturated heterocycles. The molecule has 44 heavy (non-hydrogen) atoms. The Balaban J connectivity index is 1.03. The number of aliphatic hydroxyl groups is 1. The molecule has 7 fully saturated rings. The van der Waals surface area contributed by atoms with Crippen LogP contribution in [0.25, 0.3) is 0 Å². The van der Waals surface area contributed by atoms with Crippen molar-refractivity contribution in [2.24, 2.45) is 56.7 Å². The number of hydrogen-bond acceptors (Lipinski definition) is 6. The Morgan fingerprint density at radius 1 is 0.932 bits per heavy atom. The van der Waals surface area contributed by atoms with Crippen LogP contribution in [0.4, 0.5) is 0 Å². The summed E-state index contributed by atoms with van der Waals surface area (Å²) in [5.41, 5.74) is 1.28. The topological polar surface area (TPSA) is 54.4 Å². The van der Waals surface area contributed by atoms with Gasteiger partial charge in [-0.3, -0.25) is 4.90 Å². The van der Waals surface area contributed by atoms with Gasteiger partial charge < -0.3 is 24.2 Å². The highest BCUT2D eigenvalue weighted by atomic mass is 16.7. The first-order valence-corrected chi connectivity index (χ1v) is 18.7. The maximum atomic E-state index is 11.9. The van der Waals surface area contributed by atoms with Crippen molar-refractivity contribution in [3.8, 4) is 0 Å². The van der Waals surface area contributed by atoms with Gasteiger partial charge in [0.25, 0.3) is 0 Å². The number of methoxy groups -OCH3 is 1. The van der Waals surface area contributed by atoms with Crippen molar-refractivity contribution in [3.63, 3.8) is 0 Å². The monoisotopic (exact) mass is 615 g/mol. The lowest BCUT2D eigenvalue weighted by molar-refractivity contribution is -0.249. The van der Waals surface area contributed by atoms with Crippen molar-refractivity contribution in [1.82, 2.24) is 9.80 Å². The summed E-state index contributed by atoms with van der Waals surface area (Å²) < 4.78 is 18.8. The number of ether oxygens (including phenoxy) is 3. The second-order valence-electron chi connectivity index (χ2n) is 18.4. The Hall–Kier alpha value is -0.240.